The number of benzene rings is 2. The van der Waals surface area contributed by atoms with E-state index in [0.717, 1.165) is 30.9 Å². The lowest BCUT2D eigenvalue weighted by Crippen LogP contribution is -2.24. The van der Waals surface area contributed by atoms with Gasteiger partial charge in [0, 0.05) is 18.2 Å². The fraction of sp³-hybridized carbons (Fsp3) is 0.409. The summed E-state index contributed by atoms with van der Waals surface area (Å²) in [5, 5.41) is 11.3. The lowest BCUT2D eigenvalue weighted by atomic mass is 9.88. The van der Waals surface area contributed by atoms with E-state index in [4.69, 9.17) is 10.1 Å². The Morgan fingerprint density at radius 2 is 2.03 bits per heavy atom. The molecule has 3 rings (SSSR count). The second-order valence-corrected chi connectivity index (χ2v) is 9.48. The van der Waals surface area contributed by atoms with E-state index >= 15 is 0 Å². The molecule has 0 spiro atoms. The van der Waals surface area contributed by atoms with E-state index in [1.807, 2.05) is 7.05 Å². The van der Waals surface area contributed by atoms with Crippen molar-refractivity contribution in [3.63, 3.8) is 0 Å². The first-order valence-electron chi connectivity index (χ1n) is 9.82. The van der Waals surface area contributed by atoms with Crippen LogP contribution in [0.2, 0.25) is 0 Å². The van der Waals surface area contributed by atoms with Gasteiger partial charge in [-0.3, -0.25) is 0 Å². The number of rotatable bonds is 8. The third kappa shape index (κ3) is 5.03. The maximum atomic E-state index is 13.5. The lowest BCUT2D eigenvalue weighted by Gasteiger charge is -2.26. The van der Waals surface area contributed by atoms with Crippen LogP contribution in [-0.4, -0.2) is 33.8 Å². The number of nitrogens with one attached hydrogen (secondary N) is 2. The summed E-state index contributed by atoms with van der Waals surface area (Å²) in [4.78, 5) is 0.0231. The predicted octanol–water partition coefficient (Wildman–Crippen LogP) is 4.32. The molecule has 2 N–H and O–H groups in total. The van der Waals surface area contributed by atoms with Crippen LogP contribution in [0.1, 0.15) is 44.1 Å². The van der Waals surface area contributed by atoms with E-state index < -0.39 is 15.7 Å². The van der Waals surface area contributed by atoms with E-state index in [1.54, 1.807) is 12.1 Å². The first kappa shape index (κ1) is 21.5. The fourth-order valence-corrected chi connectivity index (χ4v) is 4.91. The molecule has 7 heteroatoms. The molecule has 5 nitrogen and oxygen atoms in total. The molecule has 2 aromatic carbocycles. The summed E-state index contributed by atoms with van der Waals surface area (Å²) in [6.45, 7) is 2.57. The van der Waals surface area contributed by atoms with Crippen LogP contribution in [0.25, 0.3) is 0 Å². The fourth-order valence-electron chi connectivity index (χ4n) is 3.60. The molecule has 0 fully saturated rings. The van der Waals surface area contributed by atoms with E-state index in [9.17, 15) is 12.8 Å². The van der Waals surface area contributed by atoms with Gasteiger partial charge in [-0.1, -0.05) is 12.1 Å². The standard InChI is InChI=1S/C22H27FN2O3S/c1-15(25-2)12-18(24)7-6-16-10-11-28-22-14-20(8-9-21(16)22)29(26,27)19-5-3-4-17(23)13-19/h3-5,8-9,13-16,24-25H,6-7,10-12H2,1-2H3. The summed E-state index contributed by atoms with van der Waals surface area (Å²) < 4.78 is 44.9. The summed E-state index contributed by atoms with van der Waals surface area (Å²) in [6, 6.07) is 10.2. The Morgan fingerprint density at radius 1 is 1.28 bits per heavy atom. The highest BCUT2D eigenvalue weighted by Gasteiger charge is 2.25. The van der Waals surface area contributed by atoms with Gasteiger partial charge in [-0.15, -0.1) is 0 Å². The highest BCUT2D eigenvalue weighted by Crippen LogP contribution is 2.38. The zero-order chi connectivity index (χ0) is 21.0. The molecule has 2 aromatic rings. The molecule has 0 radical (unpaired) electrons. The zero-order valence-corrected chi connectivity index (χ0v) is 17.6. The summed E-state index contributed by atoms with van der Waals surface area (Å²) in [6.07, 6.45) is 3.11. The van der Waals surface area contributed by atoms with Gasteiger partial charge in [0.15, 0.2) is 0 Å². The highest BCUT2D eigenvalue weighted by atomic mass is 32.2. The SMILES string of the molecule is CNC(C)CC(=N)CCC1CCOc2cc(S(=O)(=O)c3cccc(F)c3)ccc21. The van der Waals surface area contributed by atoms with Crippen molar-refractivity contribution in [3.05, 3.63) is 53.8 Å². The van der Waals surface area contributed by atoms with Crippen LogP contribution in [-0.2, 0) is 9.84 Å². The van der Waals surface area contributed by atoms with Gasteiger partial charge in [-0.05, 0) is 75.0 Å². The third-order valence-electron chi connectivity index (χ3n) is 5.41. The number of sulfone groups is 1. The van der Waals surface area contributed by atoms with Gasteiger partial charge in [-0.2, -0.15) is 0 Å². The van der Waals surface area contributed by atoms with Gasteiger partial charge >= 0.3 is 0 Å². The van der Waals surface area contributed by atoms with Gasteiger partial charge in [0.2, 0.25) is 9.84 Å². The number of halogens is 1. The zero-order valence-electron chi connectivity index (χ0n) is 16.7. The molecule has 0 saturated heterocycles. The Kier molecular flexibility index (Phi) is 6.70. The first-order chi connectivity index (χ1) is 13.8. The molecule has 0 aliphatic carbocycles. The highest BCUT2D eigenvalue weighted by molar-refractivity contribution is 7.91. The number of hydrogen-bond donors (Lipinski definition) is 2. The third-order valence-corrected chi connectivity index (χ3v) is 7.15. The van der Waals surface area contributed by atoms with Crippen LogP contribution in [0.3, 0.4) is 0 Å². The largest absolute Gasteiger partial charge is 0.493 e. The minimum absolute atomic E-state index is 0.0723. The normalized spacial score (nSPS) is 17.3. The molecular weight excluding hydrogens is 391 g/mol. The van der Waals surface area contributed by atoms with Crippen molar-refractivity contribution in [2.45, 2.75) is 54.4 Å². The Labute approximate surface area is 171 Å². The van der Waals surface area contributed by atoms with E-state index in [1.165, 1.54) is 24.3 Å². The Balaban J connectivity index is 1.78. The molecule has 0 bridgehead atoms. The molecular formula is C22H27FN2O3S. The average molecular weight is 419 g/mol. The second-order valence-electron chi connectivity index (χ2n) is 7.53. The average Bonchev–Trinajstić information content (AvgIpc) is 2.71. The van der Waals surface area contributed by atoms with Crippen molar-refractivity contribution in [1.82, 2.24) is 5.32 Å². The van der Waals surface area contributed by atoms with Gasteiger partial charge in [0.1, 0.15) is 11.6 Å². The number of ether oxygens (including phenoxy) is 1. The molecule has 0 aromatic heterocycles. The molecule has 2 atom stereocenters. The van der Waals surface area contributed by atoms with Crippen LogP contribution in [0.15, 0.2) is 52.3 Å². The second kappa shape index (κ2) is 9.05. The molecule has 1 heterocycles. The van der Waals surface area contributed by atoms with Crippen molar-refractivity contribution < 1.29 is 17.5 Å². The molecule has 156 valence electrons. The van der Waals surface area contributed by atoms with Gasteiger partial charge in [-0.25, -0.2) is 12.8 Å². The van der Waals surface area contributed by atoms with E-state index in [0.29, 0.717) is 24.5 Å². The van der Waals surface area contributed by atoms with Crippen molar-refractivity contribution in [3.8, 4) is 5.75 Å². The summed E-state index contributed by atoms with van der Waals surface area (Å²) in [5.41, 5.74) is 1.69. The molecule has 2 unspecified atom stereocenters. The van der Waals surface area contributed by atoms with E-state index in [2.05, 4.69) is 12.2 Å². The molecule has 0 amide bonds. The maximum Gasteiger partial charge on any atom is 0.206 e. The smallest absolute Gasteiger partial charge is 0.206 e. The lowest BCUT2D eigenvalue weighted by molar-refractivity contribution is 0.263. The molecule has 1 aliphatic rings. The predicted molar refractivity (Wildman–Crippen MR) is 111 cm³/mol. The van der Waals surface area contributed by atoms with Gasteiger partial charge in [0.05, 0.1) is 16.4 Å². The van der Waals surface area contributed by atoms with Gasteiger partial charge in [0.25, 0.3) is 0 Å². The first-order valence-corrected chi connectivity index (χ1v) is 11.3. The summed E-state index contributed by atoms with van der Waals surface area (Å²) >= 11 is 0. The van der Waals surface area contributed by atoms with Gasteiger partial charge < -0.3 is 15.5 Å². The van der Waals surface area contributed by atoms with Crippen molar-refractivity contribution in [2.24, 2.45) is 0 Å². The molecule has 1 aliphatic heterocycles. The Bertz CT molecular complexity index is 991. The minimum Gasteiger partial charge on any atom is -0.493 e. The topological polar surface area (TPSA) is 79.2 Å². The van der Waals surface area contributed by atoms with Crippen molar-refractivity contribution in [1.29, 1.82) is 5.41 Å². The van der Waals surface area contributed by atoms with Crippen LogP contribution >= 0.6 is 0 Å². The number of hydrogen-bond acceptors (Lipinski definition) is 5. The van der Waals surface area contributed by atoms with Crippen molar-refractivity contribution >= 4 is 15.5 Å². The quantitative estimate of drug-likeness (QED) is 0.626. The Hall–Kier alpha value is -2.25. The maximum absolute atomic E-state index is 13.5. The van der Waals surface area contributed by atoms with Crippen LogP contribution in [0, 0.1) is 11.2 Å². The monoisotopic (exact) mass is 418 g/mol. The summed E-state index contributed by atoms with van der Waals surface area (Å²) in [7, 11) is -1.92. The minimum atomic E-state index is -3.82. The van der Waals surface area contributed by atoms with Crippen molar-refractivity contribution in [2.75, 3.05) is 13.7 Å². The Morgan fingerprint density at radius 3 is 2.76 bits per heavy atom. The number of fused-ring (bicyclic) bond motifs is 1. The van der Waals surface area contributed by atoms with Crippen LogP contribution in [0.5, 0.6) is 5.75 Å². The summed E-state index contributed by atoms with van der Waals surface area (Å²) in [5.74, 6) is 0.208. The van der Waals surface area contributed by atoms with Crippen LogP contribution in [0.4, 0.5) is 4.39 Å². The molecule has 0 saturated carbocycles. The van der Waals surface area contributed by atoms with E-state index in [-0.39, 0.29) is 21.8 Å². The molecule has 29 heavy (non-hydrogen) atoms. The van der Waals surface area contributed by atoms with Crippen LogP contribution < -0.4 is 10.1 Å².